The van der Waals surface area contributed by atoms with E-state index in [9.17, 15) is 9.59 Å². The van der Waals surface area contributed by atoms with Crippen LogP contribution in [0.15, 0.2) is 36.4 Å². The second kappa shape index (κ2) is 6.80. The molecule has 7 heteroatoms. The summed E-state index contributed by atoms with van der Waals surface area (Å²) in [6, 6.07) is 9.85. The zero-order valence-electron chi connectivity index (χ0n) is 12.9. The van der Waals surface area contributed by atoms with Crippen molar-refractivity contribution >= 4 is 34.8 Å². The number of methoxy groups -OCH3 is 1. The molecule has 0 spiro atoms. The molecule has 0 unspecified atom stereocenters. The molecule has 0 saturated carbocycles. The maximum atomic E-state index is 12.4. The fraction of sp³-hybridized carbons (Fsp3) is 0.176. The van der Waals surface area contributed by atoms with E-state index in [1.807, 2.05) is 0 Å². The maximum Gasteiger partial charge on any atom is 0.255 e. The molecule has 2 aromatic carbocycles. The lowest BCUT2D eigenvalue weighted by Crippen LogP contribution is -2.13. The smallest absolute Gasteiger partial charge is 0.255 e. The first-order valence-corrected chi connectivity index (χ1v) is 7.66. The largest absolute Gasteiger partial charge is 0.495 e. The van der Waals surface area contributed by atoms with E-state index in [-0.39, 0.29) is 18.2 Å². The molecular formula is C17H15ClN2O4. The van der Waals surface area contributed by atoms with E-state index in [2.05, 4.69) is 10.6 Å². The van der Waals surface area contributed by atoms with Crippen LogP contribution >= 0.6 is 11.6 Å². The molecule has 2 aromatic rings. The molecule has 1 heterocycles. The van der Waals surface area contributed by atoms with Crippen molar-refractivity contribution in [3.8, 4) is 11.5 Å². The van der Waals surface area contributed by atoms with Gasteiger partial charge in [-0.3, -0.25) is 9.59 Å². The van der Waals surface area contributed by atoms with E-state index < -0.39 is 0 Å². The van der Waals surface area contributed by atoms with Gasteiger partial charge in [0.1, 0.15) is 11.5 Å². The number of halogens is 1. The predicted molar refractivity (Wildman–Crippen MR) is 91.1 cm³/mol. The minimum Gasteiger partial charge on any atom is -0.495 e. The molecule has 0 aromatic heterocycles. The van der Waals surface area contributed by atoms with Gasteiger partial charge in [0, 0.05) is 11.3 Å². The van der Waals surface area contributed by atoms with Crippen LogP contribution in [0, 0.1) is 0 Å². The molecule has 1 aliphatic rings. The third kappa shape index (κ3) is 3.44. The number of carbonyl (C=O) groups excluding carboxylic acids is 2. The molecule has 0 radical (unpaired) electrons. The zero-order valence-corrected chi connectivity index (χ0v) is 13.6. The average molecular weight is 347 g/mol. The highest BCUT2D eigenvalue weighted by molar-refractivity contribution is 6.32. The average Bonchev–Trinajstić information content (AvgIpc) is 2.74. The Morgan fingerprint density at radius 2 is 2.12 bits per heavy atom. The van der Waals surface area contributed by atoms with Crippen molar-refractivity contribution in [2.24, 2.45) is 0 Å². The van der Waals surface area contributed by atoms with Gasteiger partial charge in [0.25, 0.3) is 5.91 Å². The molecule has 0 saturated heterocycles. The summed E-state index contributed by atoms with van der Waals surface area (Å²) < 4.78 is 10.5. The summed E-state index contributed by atoms with van der Waals surface area (Å²) in [6.45, 7) is 0.314. The SMILES string of the molecule is COc1ccc(NC(=O)c2ccc3c(c2)NC(=O)CCO3)cc1Cl. The van der Waals surface area contributed by atoms with Gasteiger partial charge in [-0.1, -0.05) is 11.6 Å². The number of nitrogens with one attached hydrogen (secondary N) is 2. The normalized spacial score (nSPS) is 13.2. The Morgan fingerprint density at radius 1 is 1.29 bits per heavy atom. The van der Waals surface area contributed by atoms with Crippen LogP contribution < -0.4 is 20.1 Å². The lowest BCUT2D eigenvalue weighted by atomic mass is 10.1. The first-order chi connectivity index (χ1) is 11.6. The number of fused-ring (bicyclic) bond motifs is 1. The molecule has 0 fully saturated rings. The number of ether oxygens (including phenoxy) is 2. The van der Waals surface area contributed by atoms with Crippen molar-refractivity contribution < 1.29 is 19.1 Å². The van der Waals surface area contributed by atoms with Gasteiger partial charge in [-0.15, -0.1) is 0 Å². The Labute approximate surface area is 143 Å². The van der Waals surface area contributed by atoms with Crippen LogP contribution in [0.5, 0.6) is 11.5 Å². The molecule has 2 amide bonds. The highest BCUT2D eigenvalue weighted by Gasteiger charge is 2.16. The minimum atomic E-state index is -0.322. The summed E-state index contributed by atoms with van der Waals surface area (Å²) in [5, 5.41) is 5.88. The maximum absolute atomic E-state index is 12.4. The number of hydrogen-bond acceptors (Lipinski definition) is 4. The highest BCUT2D eigenvalue weighted by Crippen LogP contribution is 2.30. The molecular weight excluding hydrogens is 332 g/mol. The van der Waals surface area contributed by atoms with Crippen molar-refractivity contribution in [3.05, 3.63) is 47.0 Å². The highest BCUT2D eigenvalue weighted by atomic mass is 35.5. The third-order valence-corrected chi connectivity index (χ3v) is 3.81. The standard InChI is InChI=1S/C17H15ClN2O4/c1-23-14-5-3-11(9-12(14)18)19-17(22)10-2-4-15-13(8-10)20-16(21)6-7-24-15/h2-5,8-9H,6-7H2,1H3,(H,19,22)(H,20,21). The Morgan fingerprint density at radius 3 is 2.88 bits per heavy atom. The van der Waals surface area contributed by atoms with E-state index in [0.717, 1.165) is 0 Å². The summed E-state index contributed by atoms with van der Waals surface area (Å²) in [5.41, 5.74) is 1.42. The second-order valence-electron chi connectivity index (χ2n) is 5.16. The topological polar surface area (TPSA) is 76.7 Å². The molecule has 3 rings (SSSR count). The summed E-state index contributed by atoms with van der Waals surface area (Å²) >= 11 is 6.05. The zero-order chi connectivity index (χ0) is 17.1. The van der Waals surface area contributed by atoms with Gasteiger partial charge in [0.2, 0.25) is 5.91 Å². The van der Waals surface area contributed by atoms with E-state index in [1.54, 1.807) is 36.4 Å². The van der Waals surface area contributed by atoms with Gasteiger partial charge in [0.05, 0.1) is 30.8 Å². The van der Waals surface area contributed by atoms with Gasteiger partial charge in [0.15, 0.2) is 0 Å². The fourth-order valence-electron chi connectivity index (χ4n) is 2.31. The second-order valence-corrected chi connectivity index (χ2v) is 5.57. The van der Waals surface area contributed by atoms with E-state index in [0.29, 0.717) is 40.1 Å². The van der Waals surface area contributed by atoms with Crippen molar-refractivity contribution in [1.82, 2.24) is 0 Å². The van der Waals surface area contributed by atoms with E-state index in [4.69, 9.17) is 21.1 Å². The van der Waals surface area contributed by atoms with Crippen LogP contribution in [-0.4, -0.2) is 25.5 Å². The van der Waals surface area contributed by atoms with Gasteiger partial charge >= 0.3 is 0 Å². The lowest BCUT2D eigenvalue weighted by Gasteiger charge is -2.11. The van der Waals surface area contributed by atoms with Crippen molar-refractivity contribution in [2.75, 3.05) is 24.4 Å². The summed E-state index contributed by atoms with van der Waals surface area (Å²) in [5.74, 6) is 0.607. The van der Waals surface area contributed by atoms with E-state index in [1.165, 1.54) is 7.11 Å². The van der Waals surface area contributed by atoms with Gasteiger partial charge in [-0.2, -0.15) is 0 Å². The van der Waals surface area contributed by atoms with Crippen LogP contribution in [-0.2, 0) is 4.79 Å². The number of carbonyl (C=O) groups is 2. The predicted octanol–water partition coefficient (Wildman–Crippen LogP) is 3.32. The number of anilines is 2. The number of hydrogen-bond donors (Lipinski definition) is 2. The van der Waals surface area contributed by atoms with Crippen molar-refractivity contribution in [1.29, 1.82) is 0 Å². The monoisotopic (exact) mass is 346 g/mol. The molecule has 1 aliphatic heterocycles. The Balaban J connectivity index is 1.80. The van der Waals surface area contributed by atoms with Crippen LogP contribution in [0.3, 0.4) is 0 Å². The summed E-state index contributed by atoms with van der Waals surface area (Å²) in [6.07, 6.45) is 0.278. The lowest BCUT2D eigenvalue weighted by molar-refractivity contribution is -0.116. The van der Waals surface area contributed by atoms with Gasteiger partial charge in [-0.25, -0.2) is 0 Å². The van der Waals surface area contributed by atoms with Gasteiger partial charge < -0.3 is 20.1 Å². The van der Waals surface area contributed by atoms with Gasteiger partial charge in [-0.05, 0) is 36.4 Å². The number of rotatable bonds is 3. The third-order valence-electron chi connectivity index (χ3n) is 3.51. The molecule has 0 atom stereocenters. The van der Waals surface area contributed by atoms with E-state index >= 15 is 0 Å². The Kier molecular flexibility index (Phi) is 4.57. The number of amides is 2. The molecule has 0 aliphatic carbocycles. The first-order valence-electron chi connectivity index (χ1n) is 7.28. The fourth-order valence-corrected chi connectivity index (χ4v) is 2.57. The minimum absolute atomic E-state index is 0.145. The van der Waals surface area contributed by atoms with Crippen LogP contribution in [0.1, 0.15) is 16.8 Å². The number of benzene rings is 2. The molecule has 2 N–H and O–H groups in total. The quantitative estimate of drug-likeness (QED) is 0.893. The van der Waals surface area contributed by atoms with Crippen LogP contribution in [0.25, 0.3) is 0 Å². The Hall–Kier alpha value is -2.73. The van der Waals surface area contributed by atoms with Crippen molar-refractivity contribution in [3.63, 3.8) is 0 Å². The first kappa shape index (κ1) is 16.1. The summed E-state index contributed by atoms with van der Waals surface area (Å²) in [4.78, 5) is 24.0. The molecule has 6 nitrogen and oxygen atoms in total. The van der Waals surface area contributed by atoms with Crippen molar-refractivity contribution in [2.45, 2.75) is 6.42 Å². The molecule has 124 valence electrons. The Bertz CT molecular complexity index is 807. The molecule has 0 bridgehead atoms. The van der Waals surface area contributed by atoms with Crippen LogP contribution in [0.4, 0.5) is 11.4 Å². The van der Waals surface area contributed by atoms with Crippen LogP contribution in [0.2, 0.25) is 5.02 Å². The molecule has 24 heavy (non-hydrogen) atoms. The summed E-state index contributed by atoms with van der Waals surface area (Å²) in [7, 11) is 1.52.